The van der Waals surface area contributed by atoms with Gasteiger partial charge >= 0.3 is 0 Å². The first-order chi connectivity index (χ1) is 19.2. The number of fused-ring (bicyclic) bond motifs is 1. The summed E-state index contributed by atoms with van der Waals surface area (Å²) in [4.78, 5) is 53.6. The van der Waals surface area contributed by atoms with Crippen molar-refractivity contribution in [3.63, 3.8) is 0 Å². The minimum absolute atomic E-state index is 0.0610. The zero-order chi connectivity index (χ0) is 28.8. The highest BCUT2D eigenvalue weighted by molar-refractivity contribution is 5.97. The molecule has 0 aliphatic carbocycles. The molecular formula is C30H28FN3O6. The summed E-state index contributed by atoms with van der Waals surface area (Å²) in [5.74, 6) is -1.31. The monoisotopic (exact) mass is 545 g/mol. The number of carbonyl (C=O) groups excluding carboxylic acids is 2. The average Bonchev–Trinajstić information content (AvgIpc) is 2.97. The van der Waals surface area contributed by atoms with Crippen molar-refractivity contribution in [2.75, 3.05) is 6.54 Å². The van der Waals surface area contributed by atoms with Gasteiger partial charge in [-0.2, -0.15) is 0 Å². The minimum Gasteiger partial charge on any atom is -0.464 e. The van der Waals surface area contributed by atoms with Crippen molar-refractivity contribution in [3.8, 4) is 0 Å². The second-order valence-electron chi connectivity index (χ2n) is 9.46. The van der Waals surface area contributed by atoms with Gasteiger partial charge in [0.05, 0.1) is 28.7 Å². The Morgan fingerprint density at radius 1 is 1.00 bits per heavy atom. The van der Waals surface area contributed by atoms with Crippen LogP contribution in [0, 0.1) is 15.9 Å². The summed E-state index contributed by atoms with van der Waals surface area (Å²) in [6, 6.07) is 17.3. The Kier molecular flexibility index (Phi) is 8.68. The van der Waals surface area contributed by atoms with E-state index < -0.39 is 22.6 Å². The fourth-order valence-corrected chi connectivity index (χ4v) is 4.26. The molecule has 1 unspecified atom stereocenters. The van der Waals surface area contributed by atoms with Crippen LogP contribution in [0.25, 0.3) is 11.0 Å². The summed E-state index contributed by atoms with van der Waals surface area (Å²) >= 11 is 0. The van der Waals surface area contributed by atoms with E-state index >= 15 is 0 Å². The van der Waals surface area contributed by atoms with Crippen molar-refractivity contribution >= 4 is 28.5 Å². The van der Waals surface area contributed by atoms with Crippen LogP contribution in [0.1, 0.15) is 41.8 Å². The maximum absolute atomic E-state index is 13.7. The molecular weight excluding hydrogens is 517 g/mol. The van der Waals surface area contributed by atoms with E-state index in [2.05, 4.69) is 0 Å². The van der Waals surface area contributed by atoms with Crippen molar-refractivity contribution in [1.29, 1.82) is 0 Å². The summed E-state index contributed by atoms with van der Waals surface area (Å²) < 4.78 is 19.2. The SMILES string of the molecule is CCC(C)N(CC(=O)N(Cc1ccc(F)cc1)Cc1coc2ccccc2c1=O)C(=O)c1ccc([N+](=O)[O-])cc1. The van der Waals surface area contributed by atoms with Gasteiger partial charge in [0, 0.05) is 30.3 Å². The number of nitro benzene ring substituents is 1. The molecule has 1 aromatic heterocycles. The molecule has 0 fully saturated rings. The Hall–Kier alpha value is -4.86. The molecule has 0 saturated carbocycles. The molecule has 0 N–H and O–H groups in total. The molecule has 0 bridgehead atoms. The van der Waals surface area contributed by atoms with E-state index in [1.54, 1.807) is 43.3 Å². The number of nitro groups is 1. The lowest BCUT2D eigenvalue weighted by Gasteiger charge is -2.31. The van der Waals surface area contributed by atoms with E-state index in [9.17, 15) is 28.9 Å². The maximum atomic E-state index is 13.7. The number of hydrogen-bond donors (Lipinski definition) is 0. The van der Waals surface area contributed by atoms with E-state index in [1.807, 2.05) is 6.92 Å². The molecule has 3 aromatic carbocycles. The van der Waals surface area contributed by atoms with Gasteiger partial charge in [0.2, 0.25) is 5.91 Å². The normalized spacial score (nSPS) is 11.7. The Morgan fingerprint density at radius 2 is 1.68 bits per heavy atom. The topological polar surface area (TPSA) is 114 Å². The van der Waals surface area contributed by atoms with Gasteiger partial charge in [0.15, 0.2) is 5.43 Å². The van der Waals surface area contributed by atoms with Crippen LogP contribution in [0.5, 0.6) is 0 Å². The smallest absolute Gasteiger partial charge is 0.269 e. The molecule has 9 nitrogen and oxygen atoms in total. The van der Waals surface area contributed by atoms with Crippen LogP contribution in [-0.4, -0.2) is 39.1 Å². The lowest BCUT2D eigenvalue weighted by molar-refractivity contribution is -0.384. The van der Waals surface area contributed by atoms with Gasteiger partial charge in [-0.05, 0) is 55.3 Å². The quantitative estimate of drug-likeness (QED) is 0.197. The molecule has 4 aromatic rings. The number of benzene rings is 3. The predicted molar refractivity (Wildman–Crippen MR) is 147 cm³/mol. The van der Waals surface area contributed by atoms with Gasteiger partial charge in [-0.3, -0.25) is 24.5 Å². The predicted octanol–water partition coefficient (Wildman–Crippen LogP) is 5.31. The van der Waals surface area contributed by atoms with Crippen LogP contribution in [0.4, 0.5) is 10.1 Å². The second kappa shape index (κ2) is 12.3. The highest BCUT2D eigenvalue weighted by atomic mass is 19.1. The molecule has 4 rings (SSSR count). The number of para-hydroxylation sites is 1. The van der Waals surface area contributed by atoms with Gasteiger partial charge in [0.25, 0.3) is 11.6 Å². The lowest BCUT2D eigenvalue weighted by atomic mass is 10.1. The molecule has 40 heavy (non-hydrogen) atoms. The van der Waals surface area contributed by atoms with Crippen molar-refractivity contribution in [1.82, 2.24) is 9.80 Å². The number of non-ortho nitro benzene ring substituents is 1. The third-order valence-electron chi connectivity index (χ3n) is 6.77. The highest BCUT2D eigenvalue weighted by Crippen LogP contribution is 2.18. The molecule has 0 spiro atoms. The van der Waals surface area contributed by atoms with E-state index in [0.717, 1.165) is 0 Å². The molecule has 0 saturated heterocycles. The van der Waals surface area contributed by atoms with Gasteiger partial charge < -0.3 is 14.2 Å². The van der Waals surface area contributed by atoms with Gasteiger partial charge in [-0.15, -0.1) is 0 Å². The largest absolute Gasteiger partial charge is 0.464 e. The maximum Gasteiger partial charge on any atom is 0.269 e. The first kappa shape index (κ1) is 28.2. The zero-order valence-electron chi connectivity index (χ0n) is 22.1. The molecule has 1 atom stereocenters. The fraction of sp³-hybridized carbons (Fsp3) is 0.233. The van der Waals surface area contributed by atoms with Crippen LogP contribution in [0.15, 0.2) is 88.3 Å². The molecule has 1 heterocycles. The highest BCUT2D eigenvalue weighted by Gasteiger charge is 2.27. The minimum atomic E-state index is -0.555. The number of carbonyl (C=O) groups is 2. The third-order valence-corrected chi connectivity index (χ3v) is 6.77. The first-order valence-electron chi connectivity index (χ1n) is 12.7. The van der Waals surface area contributed by atoms with Crippen molar-refractivity contribution in [3.05, 3.63) is 122 Å². The summed E-state index contributed by atoms with van der Waals surface area (Å²) in [6.45, 7) is 3.35. The van der Waals surface area contributed by atoms with Crippen LogP contribution in [-0.2, 0) is 17.9 Å². The summed E-state index contributed by atoms with van der Waals surface area (Å²) in [5, 5.41) is 11.4. The molecule has 10 heteroatoms. The second-order valence-corrected chi connectivity index (χ2v) is 9.46. The standard InChI is InChI=1S/C30H28FN3O6/c1-3-20(2)33(30(37)22-10-14-25(15-11-22)34(38)39)18-28(35)32(16-21-8-12-24(31)13-9-21)17-23-19-40-27-7-5-4-6-26(27)29(23)36/h4-15,19-20H,3,16-18H2,1-2H3. The molecule has 0 radical (unpaired) electrons. The van der Waals surface area contributed by atoms with Crippen molar-refractivity contribution < 1.29 is 23.3 Å². The van der Waals surface area contributed by atoms with Crippen molar-refractivity contribution in [2.45, 2.75) is 39.4 Å². The molecule has 0 aliphatic heterocycles. The Morgan fingerprint density at radius 3 is 2.33 bits per heavy atom. The summed E-state index contributed by atoms with van der Waals surface area (Å²) in [6.07, 6.45) is 1.88. The van der Waals surface area contributed by atoms with Gasteiger partial charge in [-0.25, -0.2) is 4.39 Å². The van der Waals surface area contributed by atoms with Crippen molar-refractivity contribution in [2.24, 2.45) is 0 Å². The first-order valence-corrected chi connectivity index (χ1v) is 12.7. The van der Waals surface area contributed by atoms with Crippen LogP contribution < -0.4 is 5.43 Å². The van der Waals surface area contributed by atoms with E-state index in [-0.39, 0.29) is 47.9 Å². The summed E-state index contributed by atoms with van der Waals surface area (Å²) in [5.41, 5.74) is 1.09. The van der Waals surface area contributed by atoms with E-state index in [1.165, 1.54) is 52.5 Å². The lowest BCUT2D eigenvalue weighted by Crippen LogP contribution is -2.46. The van der Waals surface area contributed by atoms with Gasteiger partial charge in [0.1, 0.15) is 17.9 Å². The number of halogens is 1. The molecule has 2 amide bonds. The van der Waals surface area contributed by atoms with E-state index in [4.69, 9.17) is 4.42 Å². The Balaban J connectivity index is 1.64. The molecule has 206 valence electrons. The van der Waals surface area contributed by atoms with Crippen LogP contribution >= 0.6 is 0 Å². The molecule has 0 aliphatic rings. The zero-order valence-corrected chi connectivity index (χ0v) is 22.1. The van der Waals surface area contributed by atoms with Crippen LogP contribution in [0.3, 0.4) is 0 Å². The van der Waals surface area contributed by atoms with Crippen LogP contribution in [0.2, 0.25) is 0 Å². The van der Waals surface area contributed by atoms with Gasteiger partial charge in [-0.1, -0.05) is 31.2 Å². The third kappa shape index (κ3) is 6.40. The number of amides is 2. The Labute approximate surface area is 229 Å². The van der Waals surface area contributed by atoms with E-state index in [0.29, 0.717) is 23.0 Å². The number of nitrogens with zero attached hydrogens (tertiary/aromatic N) is 3. The average molecular weight is 546 g/mol. The summed E-state index contributed by atoms with van der Waals surface area (Å²) in [7, 11) is 0. The number of rotatable bonds is 10. The number of hydrogen-bond acceptors (Lipinski definition) is 6. The Bertz CT molecular complexity index is 1580. The fourth-order valence-electron chi connectivity index (χ4n) is 4.26.